The molecule has 2 saturated carbocycles. The van der Waals surface area contributed by atoms with Gasteiger partial charge in [0.05, 0.1) is 0 Å². The van der Waals surface area contributed by atoms with Gasteiger partial charge in [0.15, 0.2) is 0 Å². The van der Waals surface area contributed by atoms with Crippen LogP contribution >= 0.6 is 0 Å². The van der Waals surface area contributed by atoms with Gasteiger partial charge in [0.1, 0.15) is 5.54 Å². The van der Waals surface area contributed by atoms with Crippen molar-refractivity contribution in [1.29, 1.82) is 0 Å². The second-order valence-electron chi connectivity index (χ2n) is 6.44. The number of hydrogen-bond acceptors (Lipinski definition) is 2. The highest BCUT2D eigenvalue weighted by Gasteiger charge is 2.49. The zero-order chi connectivity index (χ0) is 13.6. The number of urea groups is 1. The fraction of sp³-hybridized carbons (Fsp3) is 0.857. The first-order chi connectivity index (χ1) is 9.02. The van der Waals surface area contributed by atoms with Gasteiger partial charge < -0.3 is 14.9 Å². The van der Waals surface area contributed by atoms with Gasteiger partial charge in [-0.1, -0.05) is 0 Å². The van der Waals surface area contributed by atoms with Crippen molar-refractivity contribution < 1.29 is 14.7 Å². The molecule has 5 heteroatoms. The van der Waals surface area contributed by atoms with Crippen LogP contribution in [0.25, 0.3) is 0 Å². The summed E-state index contributed by atoms with van der Waals surface area (Å²) in [5.74, 6) is -0.219. The van der Waals surface area contributed by atoms with Gasteiger partial charge >= 0.3 is 12.0 Å². The molecule has 5 nitrogen and oxygen atoms in total. The summed E-state index contributed by atoms with van der Waals surface area (Å²) in [5.41, 5.74) is -1.01. The van der Waals surface area contributed by atoms with Crippen molar-refractivity contribution in [3.05, 3.63) is 0 Å². The number of carboxylic acids is 1. The maximum Gasteiger partial charge on any atom is 0.329 e. The molecule has 2 amide bonds. The van der Waals surface area contributed by atoms with Crippen molar-refractivity contribution in [1.82, 2.24) is 9.80 Å². The van der Waals surface area contributed by atoms with Crippen molar-refractivity contribution in [2.45, 2.75) is 57.0 Å². The first-order valence-electron chi connectivity index (χ1n) is 7.34. The Kier molecular flexibility index (Phi) is 2.95. The zero-order valence-electron chi connectivity index (χ0n) is 11.5. The van der Waals surface area contributed by atoms with E-state index >= 15 is 0 Å². The molecule has 1 atom stereocenters. The molecule has 0 aromatic carbocycles. The first-order valence-corrected chi connectivity index (χ1v) is 7.34. The van der Waals surface area contributed by atoms with E-state index < -0.39 is 11.5 Å². The Labute approximate surface area is 113 Å². The van der Waals surface area contributed by atoms with Crippen LogP contribution in [0.1, 0.15) is 45.4 Å². The maximum absolute atomic E-state index is 12.7. The lowest BCUT2D eigenvalue weighted by molar-refractivity contribution is -0.147. The van der Waals surface area contributed by atoms with Gasteiger partial charge in [0.25, 0.3) is 0 Å². The van der Waals surface area contributed by atoms with Crippen molar-refractivity contribution in [3.63, 3.8) is 0 Å². The third kappa shape index (κ3) is 2.30. The molecule has 19 heavy (non-hydrogen) atoms. The summed E-state index contributed by atoms with van der Waals surface area (Å²) in [6, 6.07) is 0.323. The van der Waals surface area contributed by atoms with Gasteiger partial charge in [0, 0.05) is 19.1 Å². The standard InChI is InChI=1S/C14H22N2O3/c1-14(12(17)18)7-2-8-16(14)13(19)15(11-5-6-11)9-10-3-4-10/h10-11H,2-9H2,1H3,(H,17,18). The fourth-order valence-corrected chi connectivity index (χ4v) is 3.00. The van der Waals surface area contributed by atoms with E-state index in [0.717, 1.165) is 25.8 Å². The predicted molar refractivity (Wildman–Crippen MR) is 69.8 cm³/mol. The quantitative estimate of drug-likeness (QED) is 0.845. The molecular weight excluding hydrogens is 244 g/mol. The number of carbonyl (C=O) groups excluding carboxylic acids is 1. The van der Waals surface area contributed by atoms with E-state index in [9.17, 15) is 14.7 Å². The van der Waals surface area contributed by atoms with Crippen molar-refractivity contribution >= 4 is 12.0 Å². The Bertz CT molecular complexity index is 403. The van der Waals surface area contributed by atoms with E-state index in [1.165, 1.54) is 12.8 Å². The monoisotopic (exact) mass is 266 g/mol. The highest BCUT2D eigenvalue weighted by atomic mass is 16.4. The molecule has 0 aromatic rings. The minimum atomic E-state index is -1.01. The smallest absolute Gasteiger partial charge is 0.329 e. The molecule has 3 fully saturated rings. The van der Waals surface area contributed by atoms with Crippen molar-refractivity contribution in [3.8, 4) is 0 Å². The summed E-state index contributed by atoms with van der Waals surface area (Å²) in [7, 11) is 0. The van der Waals surface area contributed by atoms with Crippen LogP contribution in [0.2, 0.25) is 0 Å². The molecule has 1 aliphatic heterocycles. The zero-order valence-corrected chi connectivity index (χ0v) is 11.5. The average molecular weight is 266 g/mol. The van der Waals surface area contributed by atoms with E-state index in [0.29, 0.717) is 24.9 Å². The highest BCUT2D eigenvalue weighted by molar-refractivity contribution is 5.87. The van der Waals surface area contributed by atoms with E-state index in [1.54, 1.807) is 11.8 Å². The molecule has 1 saturated heterocycles. The summed E-state index contributed by atoms with van der Waals surface area (Å²) in [5, 5.41) is 9.41. The Hall–Kier alpha value is -1.26. The van der Waals surface area contributed by atoms with Crippen LogP contribution in [0.4, 0.5) is 4.79 Å². The normalized spacial score (nSPS) is 30.5. The Morgan fingerprint density at radius 1 is 1.32 bits per heavy atom. The third-order valence-corrected chi connectivity index (χ3v) is 4.72. The Morgan fingerprint density at radius 3 is 2.53 bits per heavy atom. The van der Waals surface area contributed by atoms with Gasteiger partial charge in [0.2, 0.25) is 0 Å². The lowest BCUT2D eigenvalue weighted by atomic mass is 10.00. The predicted octanol–water partition coefficient (Wildman–Crippen LogP) is 1.92. The maximum atomic E-state index is 12.7. The number of likely N-dealkylation sites (tertiary alicyclic amines) is 1. The first kappa shape index (κ1) is 12.8. The van der Waals surface area contributed by atoms with Crippen LogP contribution in [0.3, 0.4) is 0 Å². The molecule has 2 aliphatic carbocycles. The van der Waals surface area contributed by atoms with E-state index in [2.05, 4.69) is 0 Å². The largest absolute Gasteiger partial charge is 0.480 e. The van der Waals surface area contributed by atoms with E-state index in [1.807, 2.05) is 4.90 Å². The molecule has 0 spiro atoms. The van der Waals surface area contributed by atoms with Gasteiger partial charge in [-0.3, -0.25) is 0 Å². The molecule has 1 unspecified atom stereocenters. The summed E-state index contributed by atoms with van der Waals surface area (Å²) < 4.78 is 0. The van der Waals surface area contributed by atoms with Gasteiger partial charge in [-0.05, 0) is 51.4 Å². The number of hydrogen-bond donors (Lipinski definition) is 1. The lowest BCUT2D eigenvalue weighted by Crippen LogP contribution is -2.55. The molecule has 0 radical (unpaired) electrons. The molecule has 106 valence electrons. The molecule has 0 bridgehead atoms. The SMILES string of the molecule is CC1(C(=O)O)CCCN1C(=O)N(CC1CC1)C1CC1. The van der Waals surface area contributed by atoms with Crippen LogP contribution in [-0.4, -0.2) is 51.6 Å². The summed E-state index contributed by atoms with van der Waals surface area (Å²) in [6.45, 7) is 3.09. The Balaban J connectivity index is 1.75. The van der Waals surface area contributed by atoms with E-state index in [-0.39, 0.29) is 6.03 Å². The van der Waals surface area contributed by atoms with E-state index in [4.69, 9.17) is 0 Å². The van der Waals surface area contributed by atoms with Crippen LogP contribution in [0.15, 0.2) is 0 Å². The summed E-state index contributed by atoms with van der Waals surface area (Å²) >= 11 is 0. The number of nitrogens with zero attached hydrogens (tertiary/aromatic N) is 2. The summed E-state index contributed by atoms with van der Waals surface area (Å²) in [6.07, 6.45) is 5.94. The molecule has 3 aliphatic rings. The van der Waals surface area contributed by atoms with Crippen LogP contribution in [-0.2, 0) is 4.79 Å². The van der Waals surface area contributed by atoms with Gasteiger partial charge in [-0.15, -0.1) is 0 Å². The minimum absolute atomic E-state index is 0.0446. The topological polar surface area (TPSA) is 60.9 Å². The molecule has 3 rings (SSSR count). The number of amides is 2. The fourth-order valence-electron chi connectivity index (χ4n) is 3.00. The van der Waals surface area contributed by atoms with Crippen LogP contribution in [0, 0.1) is 5.92 Å². The van der Waals surface area contributed by atoms with Gasteiger partial charge in [-0.25, -0.2) is 9.59 Å². The highest BCUT2D eigenvalue weighted by Crippen LogP contribution is 2.38. The minimum Gasteiger partial charge on any atom is -0.480 e. The van der Waals surface area contributed by atoms with Gasteiger partial charge in [-0.2, -0.15) is 0 Å². The van der Waals surface area contributed by atoms with Crippen LogP contribution < -0.4 is 0 Å². The number of aliphatic carboxylic acids is 1. The second-order valence-corrected chi connectivity index (χ2v) is 6.44. The van der Waals surface area contributed by atoms with Crippen LogP contribution in [0.5, 0.6) is 0 Å². The van der Waals surface area contributed by atoms with Crippen molar-refractivity contribution in [2.75, 3.05) is 13.1 Å². The number of carboxylic acid groups (broad SMARTS) is 1. The third-order valence-electron chi connectivity index (χ3n) is 4.72. The number of carbonyl (C=O) groups is 2. The number of rotatable bonds is 4. The Morgan fingerprint density at radius 2 is 2.00 bits per heavy atom. The molecule has 0 aromatic heterocycles. The molecular formula is C14H22N2O3. The lowest BCUT2D eigenvalue weighted by Gasteiger charge is -2.36. The molecule has 1 heterocycles. The average Bonchev–Trinajstić information content (AvgIpc) is 3.25. The summed E-state index contributed by atoms with van der Waals surface area (Å²) in [4.78, 5) is 27.7. The molecule has 1 N–H and O–H groups in total. The second kappa shape index (κ2) is 4.39. The van der Waals surface area contributed by atoms with Crippen molar-refractivity contribution in [2.24, 2.45) is 5.92 Å².